The van der Waals surface area contributed by atoms with Gasteiger partial charge in [-0.1, -0.05) is 42.5 Å². The number of epoxide rings is 1. The van der Waals surface area contributed by atoms with Gasteiger partial charge >= 0.3 is 0 Å². The lowest BCUT2D eigenvalue weighted by Crippen LogP contribution is -2.60. The third kappa shape index (κ3) is 7.45. The number of ketones is 1. The summed E-state index contributed by atoms with van der Waals surface area (Å²) < 4.78 is 16.1. The molecule has 2 amide bonds. The largest absolute Gasteiger partial charge is 0.497 e. The number of rotatable bonds is 13. The standard InChI is InChI=1S/C30H39N3O7/c1-20(33-13-14-39-18-23(33)17-34)28(36)32-26(16-22-9-11-24(38-3)12-10-22)29(37)31-25(27(35)30(2)19-40-30)15-21-7-5-4-6-8-21/h4-12,20,23,25-26,34H,13-19H2,1-3H3,(H,31,37)(H,32,36). The van der Waals surface area contributed by atoms with Crippen molar-refractivity contribution < 1.29 is 33.7 Å². The van der Waals surface area contributed by atoms with E-state index in [1.54, 1.807) is 33.1 Å². The van der Waals surface area contributed by atoms with E-state index in [1.807, 2.05) is 47.4 Å². The van der Waals surface area contributed by atoms with Gasteiger partial charge in [-0.3, -0.25) is 19.3 Å². The molecule has 2 fully saturated rings. The molecule has 5 atom stereocenters. The van der Waals surface area contributed by atoms with E-state index >= 15 is 0 Å². The van der Waals surface area contributed by atoms with Crippen LogP contribution < -0.4 is 15.4 Å². The molecule has 10 heteroatoms. The van der Waals surface area contributed by atoms with Crippen molar-refractivity contribution in [3.8, 4) is 5.75 Å². The fourth-order valence-electron chi connectivity index (χ4n) is 4.94. The summed E-state index contributed by atoms with van der Waals surface area (Å²) in [4.78, 5) is 42.4. The summed E-state index contributed by atoms with van der Waals surface area (Å²) in [6, 6.07) is 14.0. The predicted octanol–water partition coefficient (Wildman–Crippen LogP) is 0.890. The zero-order chi connectivity index (χ0) is 28.7. The van der Waals surface area contributed by atoms with E-state index < -0.39 is 29.6 Å². The molecule has 2 aliphatic rings. The highest BCUT2D eigenvalue weighted by molar-refractivity contribution is 5.98. The van der Waals surface area contributed by atoms with Gasteiger partial charge in [-0.15, -0.1) is 0 Å². The first kappa shape index (κ1) is 29.7. The third-order valence-electron chi connectivity index (χ3n) is 7.61. The summed E-state index contributed by atoms with van der Waals surface area (Å²) >= 11 is 0. The molecule has 0 aliphatic carbocycles. The molecule has 2 aliphatic heterocycles. The molecule has 0 aromatic heterocycles. The summed E-state index contributed by atoms with van der Waals surface area (Å²) in [5.41, 5.74) is 0.792. The van der Waals surface area contributed by atoms with Crippen LogP contribution in [-0.2, 0) is 36.7 Å². The van der Waals surface area contributed by atoms with E-state index in [2.05, 4.69) is 10.6 Å². The molecule has 3 N–H and O–H groups in total. The summed E-state index contributed by atoms with van der Waals surface area (Å²) in [5.74, 6) is -0.337. The number of carbonyl (C=O) groups excluding carboxylic acids is 3. The first-order valence-corrected chi connectivity index (χ1v) is 13.6. The molecule has 0 radical (unpaired) electrons. The summed E-state index contributed by atoms with van der Waals surface area (Å²) in [5, 5.41) is 15.6. The number of aliphatic hydroxyl groups is 1. The van der Waals surface area contributed by atoms with Crippen LogP contribution in [0.2, 0.25) is 0 Å². The van der Waals surface area contributed by atoms with Gasteiger partial charge in [-0.2, -0.15) is 0 Å². The zero-order valence-corrected chi connectivity index (χ0v) is 23.3. The van der Waals surface area contributed by atoms with Crippen LogP contribution in [0.3, 0.4) is 0 Å². The Labute approximate surface area is 235 Å². The molecule has 2 aromatic carbocycles. The maximum atomic E-state index is 13.8. The molecule has 0 saturated carbocycles. The fourth-order valence-corrected chi connectivity index (χ4v) is 4.94. The number of Topliss-reactive ketones (excluding diaryl/α,β-unsaturated/α-hetero) is 1. The minimum Gasteiger partial charge on any atom is -0.497 e. The Morgan fingerprint density at radius 3 is 2.27 bits per heavy atom. The lowest BCUT2D eigenvalue weighted by atomic mass is 9.94. The SMILES string of the molecule is COc1ccc(CC(NC(=O)C(C)N2CCOCC2CO)C(=O)NC(Cc2ccccc2)C(=O)C2(C)CO2)cc1. The van der Waals surface area contributed by atoms with Crippen LogP contribution in [0.5, 0.6) is 5.75 Å². The maximum Gasteiger partial charge on any atom is 0.243 e. The summed E-state index contributed by atoms with van der Waals surface area (Å²) in [6.45, 7) is 4.90. The second-order valence-corrected chi connectivity index (χ2v) is 10.6. The second kappa shape index (κ2) is 13.4. The van der Waals surface area contributed by atoms with Crippen LogP contribution in [0.15, 0.2) is 54.6 Å². The monoisotopic (exact) mass is 553 g/mol. The normalized spacial score (nSPS) is 22.9. The van der Waals surface area contributed by atoms with Crippen molar-refractivity contribution in [1.82, 2.24) is 15.5 Å². The Morgan fingerprint density at radius 2 is 1.65 bits per heavy atom. The fraction of sp³-hybridized carbons (Fsp3) is 0.500. The highest BCUT2D eigenvalue weighted by Gasteiger charge is 2.50. The molecule has 40 heavy (non-hydrogen) atoms. The van der Waals surface area contributed by atoms with Crippen molar-refractivity contribution in [2.24, 2.45) is 0 Å². The number of aliphatic hydroxyl groups excluding tert-OH is 1. The maximum absolute atomic E-state index is 13.8. The first-order chi connectivity index (χ1) is 19.2. The van der Waals surface area contributed by atoms with Crippen LogP contribution in [0.4, 0.5) is 0 Å². The van der Waals surface area contributed by atoms with Gasteiger partial charge in [0.25, 0.3) is 0 Å². The highest BCUT2D eigenvalue weighted by Crippen LogP contribution is 2.29. The molecule has 5 unspecified atom stereocenters. The van der Waals surface area contributed by atoms with Gasteiger partial charge in [-0.25, -0.2) is 0 Å². The molecular formula is C30H39N3O7. The molecule has 0 spiro atoms. The van der Waals surface area contributed by atoms with E-state index in [4.69, 9.17) is 14.2 Å². The van der Waals surface area contributed by atoms with Crippen molar-refractivity contribution in [2.75, 3.05) is 40.1 Å². The van der Waals surface area contributed by atoms with Gasteiger partial charge in [0.2, 0.25) is 11.8 Å². The average Bonchev–Trinajstić information content (AvgIpc) is 3.74. The predicted molar refractivity (Wildman–Crippen MR) is 148 cm³/mol. The topological polar surface area (TPSA) is 130 Å². The lowest BCUT2D eigenvalue weighted by Gasteiger charge is -2.38. The van der Waals surface area contributed by atoms with Gasteiger partial charge in [0.05, 0.1) is 51.7 Å². The number of hydrogen-bond acceptors (Lipinski definition) is 8. The van der Waals surface area contributed by atoms with E-state index in [9.17, 15) is 19.5 Å². The lowest BCUT2D eigenvalue weighted by molar-refractivity contribution is -0.136. The number of carbonyl (C=O) groups is 3. The third-order valence-corrected chi connectivity index (χ3v) is 7.61. The van der Waals surface area contributed by atoms with Crippen LogP contribution in [0.25, 0.3) is 0 Å². The van der Waals surface area contributed by atoms with E-state index in [-0.39, 0.29) is 30.8 Å². The average molecular weight is 554 g/mol. The van der Waals surface area contributed by atoms with Crippen LogP contribution >= 0.6 is 0 Å². The van der Waals surface area contributed by atoms with Crippen molar-refractivity contribution in [1.29, 1.82) is 0 Å². The smallest absolute Gasteiger partial charge is 0.243 e. The highest BCUT2D eigenvalue weighted by atomic mass is 16.6. The van der Waals surface area contributed by atoms with Gasteiger partial charge in [0.1, 0.15) is 17.4 Å². The van der Waals surface area contributed by atoms with E-state index in [0.29, 0.717) is 38.5 Å². The van der Waals surface area contributed by atoms with E-state index in [1.165, 1.54) is 0 Å². The van der Waals surface area contributed by atoms with Crippen LogP contribution in [-0.4, -0.2) is 97.5 Å². The van der Waals surface area contributed by atoms with Gasteiger partial charge < -0.3 is 30.0 Å². The number of nitrogens with zero attached hydrogens (tertiary/aromatic N) is 1. The van der Waals surface area contributed by atoms with Gasteiger partial charge in [0, 0.05) is 13.0 Å². The molecule has 4 rings (SSSR count). The number of ether oxygens (including phenoxy) is 3. The molecule has 2 aromatic rings. The quantitative estimate of drug-likeness (QED) is 0.312. The molecule has 2 heterocycles. The number of methoxy groups -OCH3 is 1. The Balaban J connectivity index is 1.54. The van der Waals surface area contributed by atoms with E-state index in [0.717, 1.165) is 11.1 Å². The number of amides is 2. The minimum absolute atomic E-state index is 0.141. The molecular weight excluding hydrogens is 514 g/mol. The minimum atomic E-state index is -0.948. The molecule has 216 valence electrons. The Hall–Kier alpha value is -3.31. The number of hydrogen-bond donors (Lipinski definition) is 3. The molecule has 0 bridgehead atoms. The summed E-state index contributed by atoms with van der Waals surface area (Å²) in [7, 11) is 1.58. The van der Waals surface area contributed by atoms with Crippen molar-refractivity contribution in [3.63, 3.8) is 0 Å². The number of morpholine rings is 1. The van der Waals surface area contributed by atoms with Crippen molar-refractivity contribution in [2.45, 2.75) is 56.5 Å². The number of nitrogens with one attached hydrogen (secondary N) is 2. The van der Waals surface area contributed by atoms with Crippen molar-refractivity contribution in [3.05, 3.63) is 65.7 Å². The Kier molecular flexibility index (Phi) is 9.91. The van der Waals surface area contributed by atoms with Crippen LogP contribution in [0.1, 0.15) is 25.0 Å². The van der Waals surface area contributed by atoms with Gasteiger partial charge in [0.15, 0.2) is 5.78 Å². The van der Waals surface area contributed by atoms with Crippen molar-refractivity contribution >= 4 is 17.6 Å². The van der Waals surface area contributed by atoms with Crippen LogP contribution in [0, 0.1) is 0 Å². The molecule has 2 saturated heterocycles. The van der Waals surface area contributed by atoms with Gasteiger partial charge in [-0.05, 0) is 43.5 Å². The Morgan fingerprint density at radius 1 is 1.02 bits per heavy atom. The molecule has 10 nitrogen and oxygen atoms in total. The Bertz CT molecular complexity index is 1150. The number of benzene rings is 2. The zero-order valence-electron chi connectivity index (χ0n) is 23.3. The summed E-state index contributed by atoms with van der Waals surface area (Å²) in [6.07, 6.45) is 0.511. The second-order valence-electron chi connectivity index (χ2n) is 10.6. The first-order valence-electron chi connectivity index (χ1n) is 13.6.